The number of nitriles is 1. The molecule has 0 bridgehead atoms. The summed E-state index contributed by atoms with van der Waals surface area (Å²) in [5, 5.41) is 17.0. The molecule has 3 nitrogen and oxygen atoms in total. The predicted octanol–water partition coefficient (Wildman–Crippen LogP) is 1.48. The zero-order valence-corrected chi connectivity index (χ0v) is 8.05. The van der Waals surface area contributed by atoms with Crippen LogP contribution in [0.1, 0.15) is 0 Å². The Labute approximate surface area is 78.8 Å². The summed E-state index contributed by atoms with van der Waals surface area (Å²) in [6.45, 7) is 0.0813. The number of aliphatic hydroxyl groups is 1. The fourth-order valence-corrected chi connectivity index (χ4v) is 2.16. The molecule has 0 atom stereocenters. The van der Waals surface area contributed by atoms with E-state index >= 15 is 0 Å². The quantitative estimate of drug-likeness (QED) is 0.332. The van der Waals surface area contributed by atoms with Gasteiger partial charge in [0.25, 0.3) is 0 Å². The summed E-state index contributed by atoms with van der Waals surface area (Å²) in [5.74, 6) is 0.546. The van der Waals surface area contributed by atoms with Gasteiger partial charge in [0.1, 0.15) is 4.38 Å². The molecule has 0 aromatic heterocycles. The number of aliphatic hydroxyl groups excluding tert-OH is 1. The lowest BCUT2D eigenvalue weighted by atomic mass is 10.9. The third-order valence-electron chi connectivity index (χ3n) is 0.636. The molecule has 0 aliphatic carbocycles. The number of aliphatic imine (C=N–C) groups is 1. The number of hydrogen-bond acceptors (Lipinski definition) is 5. The molecule has 11 heavy (non-hydrogen) atoms. The highest BCUT2D eigenvalue weighted by Crippen LogP contribution is 2.17. The predicted molar refractivity (Wildman–Crippen MR) is 50.9 cm³/mol. The molecule has 0 aromatic rings. The van der Waals surface area contributed by atoms with E-state index in [-0.39, 0.29) is 6.61 Å². The average molecular weight is 211 g/mol. The van der Waals surface area contributed by atoms with Crippen LogP contribution in [-0.4, -0.2) is 27.1 Å². The molecule has 6 heteroatoms. The largest absolute Gasteiger partial charge is 0.396 e. The summed E-state index contributed by atoms with van der Waals surface area (Å²) < 4.78 is 0.608. The van der Waals surface area contributed by atoms with Crippen LogP contribution in [0.4, 0.5) is 0 Å². The van der Waals surface area contributed by atoms with Gasteiger partial charge in [-0.1, -0.05) is 23.5 Å². The lowest BCUT2D eigenvalue weighted by Gasteiger charge is -1.97. The van der Waals surface area contributed by atoms with Crippen molar-refractivity contribution in [3.8, 4) is 6.19 Å². The van der Waals surface area contributed by atoms with Crippen LogP contribution in [0.2, 0.25) is 0 Å². The lowest BCUT2D eigenvalue weighted by molar-refractivity contribution is 0.323. The minimum atomic E-state index is 0.0813. The van der Waals surface area contributed by atoms with Crippen LogP contribution in [0.25, 0.3) is 0 Å². The number of alkyl halides is 1. The highest BCUT2D eigenvalue weighted by atomic mass is 35.5. The van der Waals surface area contributed by atoms with Crippen LogP contribution in [-0.2, 0) is 0 Å². The van der Waals surface area contributed by atoms with Gasteiger partial charge in [0.15, 0.2) is 0 Å². The van der Waals surface area contributed by atoms with Gasteiger partial charge in [-0.05, 0) is 0 Å². The van der Waals surface area contributed by atoms with E-state index in [0.29, 0.717) is 15.3 Å². The maximum atomic E-state index is 8.45. The Kier molecular flexibility index (Phi) is 8.29. The van der Waals surface area contributed by atoms with E-state index in [1.165, 1.54) is 23.5 Å². The summed E-state index contributed by atoms with van der Waals surface area (Å²) in [4.78, 5) is 3.50. The smallest absolute Gasteiger partial charge is 0.207 e. The molecule has 0 radical (unpaired) electrons. The van der Waals surface area contributed by atoms with Gasteiger partial charge in [-0.25, -0.2) is 0 Å². The minimum absolute atomic E-state index is 0.0813. The van der Waals surface area contributed by atoms with Crippen LogP contribution in [0.3, 0.4) is 0 Å². The second-order valence-corrected chi connectivity index (χ2v) is 4.19. The minimum Gasteiger partial charge on any atom is -0.396 e. The van der Waals surface area contributed by atoms with E-state index in [1.54, 1.807) is 6.19 Å². The second kappa shape index (κ2) is 8.21. The van der Waals surface area contributed by atoms with E-state index in [9.17, 15) is 0 Å². The van der Waals surface area contributed by atoms with E-state index in [2.05, 4.69) is 4.99 Å². The number of halogens is 1. The van der Waals surface area contributed by atoms with Crippen molar-refractivity contribution in [3.05, 3.63) is 0 Å². The molecule has 0 saturated heterocycles. The summed E-state index contributed by atoms with van der Waals surface area (Å²) in [5.41, 5.74) is 0. The fourth-order valence-electron chi connectivity index (χ4n) is 0.327. The highest BCUT2D eigenvalue weighted by Gasteiger charge is 1.98. The third-order valence-corrected chi connectivity index (χ3v) is 2.84. The summed E-state index contributed by atoms with van der Waals surface area (Å²) in [6, 6.07) is 0. The number of rotatable bonds is 3. The molecule has 0 fully saturated rings. The van der Waals surface area contributed by atoms with Gasteiger partial charge >= 0.3 is 0 Å². The topological polar surface area (TPSA) is 56.4 Å². The Hall–Kier alpha value is 0.110. The average Bonchev–Trinajstić information content (AvgIpc) is 2.01. The highest BCUT2D eigenvalue weighted by molar-refractivity contribution is 8.39. The van der Waals surface area contributed by atoms with Gasteiger partial charge in [0.2, 0.25) is 6.19 Å². The first-order chi connectivity index (χ1) is 5.35. The Morgan fingerprint density at radius 1 is 1.64 bits per heavy atom. The van der Waals surface area contributed by atoms with Crippen LogP contribution >= 0.6 is 35.1 Å². The first kappa shape index (κ1) is 11.1. The maximum absolute atomic E-state index is 8.45. The van der Waals surface area contributed by atoms with Crippen molar-refractivity contribution in [2.75, 3.05) is 17.6 Å². The molecule has 0 rings (SSSR count). The zero-order valence-electron chi connectivity index (χ0n) is 5.66. The molecular weight excluding hydrogens is 204 g/mol. The van der Waals surface area contributed by atoms with Crippen molar-refractivity contribution < 1.29 is 5.11 Å². The fraction of sp³-hybridized carbons (Fsp3) is 0.600. The molecule has 0 aliphatic heterocycles. The first-order valence-corrected chi connectivity index (χ1v) is 5.25. The normalized spacial score (nSPS) is 11.2. The number of nitrogens with zero attached hydrogens (tertiary/aromatic N) is 2. The van der Waals surface area contributed by atoms with Crippen molar-refractivity contribution in [3.63, 3.8) is 0 Å². The van der Waals surface area contributed by atoms with Crippen LogP contribution in [0, 0.1) is 11.5 Å². The molecule has 0 heterocycles. The summed E-state index contributed by atoms with van der Waals surface area (Å²) in [7, 11) is 0. The Morgan fingerprint density at radius 2 is 2.36 bits per heavy atom. The van der Waals surface area contributed by atoms with Crippen molar-refractivity contribution in [2.45, 2.75) is 0 Å². The molecule has 0 amide bonds. The summed E-state index contributed by atoms with van der Waals surface area (Å²) >= 11 is 8.02. The molecule has 0 aromatic carbocycles. The Bertz CT molecular complexity index is 168. The molecule has 0 unspecified atom stereocenters. The number of hydrogen-bond donors (Lipinski definition) is 1. The van der Waals surface area contributed by atoms with Gasteiger partial charge in [-0.15, -0.1) is 11.6 Å². The molecule has 0 aliphatic rings. The van der Waals surface area contributed by atoms with Gasteiger partial charge in [0.05, 0.1) is 11.8 Å². The Morgan fingerprint density at radius 3 is 2.82 bits per heavy atom. The third kappa shape index (κ3) is 6.51. The molecule has 62 valence electrons. The molecule has 0 spiro atoms. The molecule has 1 N–H and O–H groups in total. The standard InChI is InChI=1S/C5H7ClN2OS2/c6-3-11-5(8-4-7)10-2-1-9/h9H,1-3H2. The molecular formula is C5H7ClN2OS2. The van der Waals surface area contributed by atoms with Gasteiger partial charge in [-0.3, -0.25) is 0 Å². The lowest BCUT2D eigenvalue weighted by Crippen LogP contribution is -1.92. The van der Waals surface area contributed by atoms with Gasteiger partial charge < -0.3 is 5.11 Å². The zero-order chi connectivity index (χ0) is 8.53. The monoisotopic (exact) mass is 210 g/mol. The Balaban J connectivity index is 3.72. The SMILES string of the molecule is N#CN=C(SCCl)SCCO. The van der Waals surface area contributed by atoms with Crippen molar-refractivity contribution in [1.29, 1.82) is 5.26 Å². The van der Waals surface area contributed by atoms with Crippen molar-refractivity contribution in [1.82, 2.24) is 0 Å². The van der Waals surface area contributed by atoms with Gasteiger partial charge in [-0.2, -0.15) is 10.3 Å². The summed E-state index contributed by atoms with van der Waals surface area (Å²) in [6.07, 6.45) is 1.67. The second-order valence-electron chi connectivity index (χ2n) is 1.30. The number of thioether (sulfide) groups is 2. The van der Waals surface area contributed by atoms with Crippen LogP contribution in [0.5, 0.6) is 0 Å². The van der Waals surface area contributed by atoms with E-state index in [0.717, 1.165) is 0 Å². The van der Waals surface area contributed by atoms with Crippen molar-refractivity contribution >= 4 is 39.5 Å². The van der Waals surface area contributed by atoms with Crippen molar-refractivity contribution in [2.24, 2.45) is 4.99 Å². The first-order valence-electron chi connectivity index (χ1n) is 2.74. The van der Waals surface area contributed by atoms with E-state index in [4.69, 9.17) is 22.0 Å². The molecule has 0 saturated carbocycles. The maximum Gasteiger partial charge on any atom is 0.207 e. The van der Waals surface area contributed by atoms with Gasteiger partial charge in [0, 0.05) is 5.75 Å². The van der Waals surface area contributed by atoms with E-state index in [1.807, 2.05) is 0 Å². The van der Waals surface area contributed by atoms with E-state index < -0.39 is 0 Å². The van der Waals surface area contributed by atoms with Crippen LogP contribution < -0.4 is 0 Å². The van der Waals surface area contributed by atoms with Crippen LogP contribution in [0.15, 0.2) is 4.99 Å².